The molecule has 0 N–H and O–H groups in total. The van der Waals surface area contributed by atoms with Crippen LogP contribution in [-0.4, -0.2) is 10.8 Å². The molecule has 1 aromatic heterocycles. The highest BCUT2D eigenvalue weighted by Crippen LogP contribution is 2.18. The van der Waals surface area contributed by atoms with Crippen molar-refractivity contribution >= 4 is 5.78 Å². The summed E-state index contributed by atoms with van der Waals surface area (Å²) in [5.41, 5.74) is 2.33. The van der Waals surface area contributed by atoms with Crippen molar-refractivity contribution in [1.29, 1.82) is 0 Å². The largest absolute Gasteiger partial charge is 0.300 e. The van der Waals surface area contributed by atoms with Crippen molar-refractivity contribution in [2.24, 2.45) is 0 Å². The lowest BCUT2D eigenvalue weighted by Gasteiger charge is -2.10. The average Bonchev–Trinajstić information content (AvgIpc) is 2.15. The standard InChI is InChI=1S/C12H17NO/c1-9(2)11-5-4-8-13-12(11)7-6-10(3)14/h4-5,8-9H,6-7H2,1-3H3. The van der Waals surface area contributed by atoms with Gasteiger partial charge in [0.1, 0.15) is 5.78 Å². The van der Waals surface area contributed by atoms with E-state index < -0.39 is 0 Å². The van der Waals surface area contributed by atoms with Crippen LogP contribution in [0.5, 0.6) is 0 Å². The molecule has 0 atom stereocenters. The number of hydrogen-bond acceptors (Lipinski definition) is 2. The van der Waals surface area contributed by atoms with Crippen molar-refractivity contribution in [2.75, 3.05) is 0 Å². The van der Waals surface area contributed by atoms with E-state index in [9.17, 15) is 4.79 Å². The van der Waals surface area contributed by atoms with Gasteiger partial charge in [0.05, 0.1) is 0 Å². The van der Waals surface area contributed by atoms with Crippen molar-refractivity contribution in [2.45, 2.75) is 39.5 Å². The molecule has 1 heterocycles. The maximum Gasteiger partial charge on any atom is 0.130 e. The minimum absolute atomic E-state index is 0.227. The van der Waals surface area contributed by atoms with Gasteiger partial charge >= 0.3 is 0 Å². The van der Waals surface area contributed by atoms with Gasteiger partial charge in [-0.05, 0) is 30.9 Å². The summed E-state index contributed by atoms with van der Waals surface area (Å²) < 4.78 is 0. The molecule has 0 aliphatic carbocycles. The molecule has 0 saturated heterocycles. The Morgan fingerprint density at radius 1 is 1.50 bits per heavy atom. The van der Waals surface area contributed by atoms with Gasteiger partial charge in [-0.1, -0.05) is 19.9 Å². The monoisotopic (exact) mass is 191 g/mol. The Kier molecular flexibility index (Phi) is 3.81. The Labute approximate surface area is 85.4 Å². The first kappa shape index (κ1) is 10.9. The van der Waals surface area contributed by atoms with E-state index in [0.717, 1.165) is 12.1 Å². The van der Waals surface area contributed by atoms with E-state index in [1.54, 1.807) is 13.1 Å². The van der Waals surface area contributed by atoms with Crippen LogP contribution in [-0.2, 0) is 11.2 Å². The molecule has 0 unspecified atom stereocenters. The number of hydrogen-bond donors (Lipinski definition) is 0. The number of carbonyl (C=O) groups excluding carboxylic acids is 1. The molecule has 0 aliphatic rings. The van der Waals surface area contributed by atoms with Crippen LogP contribution in [0, 0.1) is 0 Å². The molecule has 0 spiro atoms. The first-order valence-electron chi connectivity index (χ1n) is 5.04. The second-order valence-electron chi connectivity index (χ2n) is 3.90. The Hall–Kier alpha value is -1.18. The second-order valence-corrected chi connectivity index (χ2v) is 3.90. The third-order valence-electron chi connectivity index (χ3n) is 2.26. The number of aryl methyl sites for hydroxylation is 1. The SMILES string of the molecule is CC(=O)CCc1ncccc1C(C)C. The van der Waals surface area contributed by atoms with Crippen LogP contribution in [0.4, 0.5) is 0 Å². The van der Waals surface area contributed by atoms with Gasteiger partial charge in [-0.15, -0.1) is 0 Å². The van der Waals surface area contributed by atoms with E-state index in [1.807, 2.05) is 6.07 Å². The highest BCUT2D eigenvalue weighted by molar-refractivity contribution is 5.75. The molecule has 0 aliphatic heterocycles. The Balaban J connectivity index is 2.79. The topological polar surface area (TPSA) is 30.0 Å². The molecular weight excluding hydrogens is 174 g/mol. The van der Waals surface area contributed by atoms with Crippen molar-refractivity contribution in [1.82, 2.24) is 4.98 Å². The molecule has 2 heteroatoms. The number of pyridine rings is 1. The van der Waals surface area contributed by atoms with Crippen LogP contribution < -0.4 is 0 Å². The van der Waals surface area contributed by atoms with E-state index in [-0.39, 0.29) is 5.78 Å². The summed E-state index contributed by atoms with van der Waals surface area (Å²) in [6, 6.07) is 4.04. The third kappa shape index (κ3) is 2.95. The lowest BCUT2D eigenvalue weighted by atomic mass is 9.99. The summed E-state index contributed by atoms with van der Waals surface area (Å²) in [6.07, 6.45) is 3.15. The lowest BCUT2D eigenvalue weighted by Crippen LogP contribution is -2.02. The Morgan fingerprint density at radius 3 is 2.79 bits per heavy atom. The molecule has 0 radical (unpaired) electrons. The predicted octanol–water partition coefficient (Wildman–Crippen LogP) is 2.73. The molecule has 76 valence electrons. The Morgan fingerprint density at radius 2 is 2.21 bits per heavy atom. The van der Waals surface area contributed by atoms with E-state index >= 15 is 0 Å². The first-order chi connectivity index (χ1) is 6.61. The number of aromatic nitrogens is 1. The second kappa shape index (κ2) is 4.89. The minimum Gasteiger partial charge on any atom is -0.300 e. The van der Waals surface area contributed by atoms with E-state index in [0.29, 0.717) is 12.3 Å². The number of nitrogens with zero attached hydrogens (tertiary/aromatic N) is 1. The zero-order valence-electron chi connectivity index (χ0n) is 9.08. The number of carbonyl (C=O) groups is 1. The summed E-state index contributed by atoms with van der Waals surface area (Å²) in [5, 5.41) is 0. The van der Waals surface area contributed by atoms with Crippen LogP contribution >= 0.6 is 0 Å². The molecule has 0 fully saturated rings. The van der Waals surface area contributed by atoms with Crippen molar-refractivity contribution in [3.05, 3.63) is 29.6 Å². The molecular formula is C12H17NO. The van der Waals surface area contributed by atoms with Crippen LogP contribution in [0.25, 0.3) is 0 Å². The van der Waals surface area contributed by atoms with Gasteiger partial charge in [0.25, 0.3) is 0 Å². The molecule has 0 amide bonds. The smallest absolute Gasteiger partial charge is 0.130 e. The van der Waals surface area contributed by atoms with Gasteiger partial charge in [-0.3, -0.25) is 4.98 Å². The van der Waals surface area contributed by atoms with Crippen molar-refractivity contribution in [3.63, 3.8) is 0 Å². The molecule has 14 heavy (non-hydrogen) atoms. The van der Waals surface area contributed by atoms with Gasteiger partial charge in [0.2, 0.25) is 0 Å². The summed E-state index contributed by atoms with van der Waals surface area (Å²) in [5.74, 6) is 0.705. The predicted molar refractivity (Wildman–Crippen MR) is 57.3 cm³/mol. The molecule has 0 bridgehead atoms. The van der Waals surface area contributed by atoms with Gasteiger partial charge in [0, 0.05) is 18.3 Å². The van der Waals surface area contributed by atoms with Crippen LogP contribution in [0.3, 0.4) is 0 Å². The van der Waals surface area contributed by atoms with Crippen LogP contribution in [0.1, 0.15) is 44.4 Å². The maximum absolute atomic E-state index is 10.9. The van der Waals surface area contributed by atoms with Crippen molar-refractivity contribution < 1.29 is 4.79 Å². The van der Waals surface area contributed by atoms with Gasteiger partial charge < -0.3 is 4.79 Å². The normalized spacial score (nSPS) is 10.6. The van der Waals surface area contributed by atoms with Crippen LogP contribution in [0.2, 0.25) is 0 Å². The average molecular weight is 191 g/mol. The van der Waals surface area contributed by atoms with E-state index in [2.05, 4.69) is 24.9 Å². The fourth-order valence-electron chi connectivity index (χ4n) is 1.48. The van der Waals surface area contributed by atoms with Gasteiger partial charge in [-0.25, -0.2) is 0 Å². The van der Waals surface area contributed by atoms with Crippen molar-refractivity contribution in [3.8, 4) is 0 Å². The number of rotatable bonds is 4. The fourth-order valence-corrected chi connectivity index (χ4v) is 1.48. The summed E-state index contributed by atoms with van der Waals surface area (Å²) in [7, 11) is 0. The van der Waals surface area contributed by atoms with E-state index in [1.165, 1.54) is 5.56 Å². The maximum atomic E-state index is 10.9. The molecule has 1 rings (SSSR count). The summed E-state index contributed by atoms with van der Waals surface area (Å²) in [4.78, 5) is 15.2. The summed E-state index contributed by atoms with van der Waals surface area (Å²) in [6.45, 7) is 5.92. The quantitative estimate of drug-likeness (QED) is 0.732. The zero-order chi connectivity index (χ0) is 10.6. The number of Topliss-reactive ketones (excluding diaryl/α,β-unsaturated/α-hetero) is 1. The van der Waals surface area contributed by atoms with Crippen LogP contribution in [0.15, 0.2) is 18.3 Å². The highest BCUT2D eigenvalue weighted by atomic mass is 16.1. The highest BCUT2D eigenvalue weighted by Gasteiger charge is 2.07. The number of ketones is 1. The zero-order valence-corrected chi connectivity index (χ0v) is 9.08. The van der Waals surface area contributed by atoms with Gasteiger partial charge in [-0.2, -0.15) is 0 Å². The lowest BCUT2D eigenvalue weighted by molar-refractivity contribution is -0.116. The fraction of sp³-hybridized carbons (Fsp3) is 0.500. The molecule has 0 saturated carbocycles. The minimum atomic E-state index is 0.227. The summed E-state index contributed by atoms with van der Waals surface area (Å²) >= 11 is 0. The first-order valence-corrected chi connectivity index (χ1v) is 5.04. The van der Waals surface area contributed by atoms with Gasteiger partial charge in [0.15, 0.2) is 0 Å². The Bertz CT molecular complexity index is 318. The third-order valence-corrected chi connectivity index (χ3v) is 2.26. The molecule has 2 nitrogen and oxygen atoms in total. The van der Waals surface area contributed by atoms with E-state index in [4.69, 9.17) is 0 Å². The molecule has 1 aromatic rings. The molecule has 0 aromatic carbocycles.